The summed E-state index contributed by atoms with van der Waals surface area (Å²) in [5.41, 5.74) is 0. The van der Waals surface area contributed by atoms with Crippen LogP contribution >= 0.6 is 0 Å². The highest BCUT2D eigenvalue weighted by molar-refractivity contribution is 4.94. The number of rotatable bonds is 1. The Kier molecular flexibility index (Phi) is 2.09. The van der Waals surface area contributed by atoms with Gasteiger partial charge in [-0.2, -0.15) is 0 Å². The molecular weight excluding hydrogens is 159 g/mol. The largest absolute Gasteiger partial charge is 0.372 e. The molecule has 12 heavy (non-hydrogen) atoms. The summed E-state index contributed by atoms with van der Waals surface area (Å²) in [5, 5.41) is 0. The summed E-state index contributed by atoms with van der Waals surface area (Å²) < 4.78 is 23.8. The topological polar surface area (TPSA) is 18.5 Å². The molecule has 3 heteroatoms. The molecule has 2 nitrogen and oxygen atoms in total. The van der Waals surface area contributed by atoms with E-state index in [0.717, 1.165) is 0 Å². The van der Waals surface area contributed by atoms with Crippen LogP contribution in [0.15, 0.2) is 0 Å². The predicted octanol–water partition coefficient (Wildman–Crippen LogP) is 1.39. The van der Waals surface area contributed by atoms with Crippen molar-refractivity contribution in [1.29, 1.82) is 0 Å². The minimum absolute atomic E-state index is 0.0139. The normalized spacial score (nSPS) is 47.0. The van der Waals surface area contributed by atoms with E-state index in [4.69, 9.17) is 9.47 Å². The molecule has 2 heterocycles. The predicted molar refractivity (Wildman–Crippen MR) is 42.7 cm³/mol. The number of halogens is 1. The Morgan fingerprint density at radius 2 is 1.83 bits per heavy atom. The van der Waals surface area contributed by atoms with Crippen molar-refractivity contribution in [3.63, 3.8) is 0 Å². The van der Waals surface area contributed by atoms with Crippen molar-refractivity contribution in [2.45, 2.75) is 32.2 Å². The van der Waals surface area contributed by atoms with Gasteiger partial charge in [-0.1, -0.05) is 13.8 Å². The second-order valence-corrected chi connectivity index (χ2v) is 4.02. The van der Waals surface area contributed by atoms with E-state index in [9.17, 15) is 4.39 Å². The van der Waals surface area contributed by atoms with Crippen LogP contribution in [0.25, 0.3) is 0 Å². The third-order valence-electron chi connectivity index (χ3n) is 2.89. The van der Waals surface area contributed by atoms with Gasteiger partial charge in [0.1, 0.15) is 6.10 Å². The van der Waals surface area contributed by atoms with Crippen LogP contribution in [0, 0.1) is 11.8 Å². The van der Waals surface area contributed by atoms with Gasteiger partial charge in [-0.05, 0) is 5.92 Å². The van der Waals surface area contributed by atoms with Gasteiger partial charge in [0.05, 0.1) is 19.3 Å². The van der Waals surface area contributed by atoms with Crippen LogP contribution in [-0.4, -0.2) is 31.6 Å². The molecule has 2 saturated heterocycles. The zero-order valence-corrected chi connectivity index (χ0v) is 7.50. The van der Waals surface area contributed by atoms with E-state index in [1.807, 2.05) is 0 Å². The van der Waals surface area contributed by atoms with Crippen LogP contribution in [0.2, 0.25) is 0 Å². The molecule has 2 rings (SSSR count). The molecule has 0 N–H and O–H groups in total. The first-order valence-corrected chi connectivity index (χ1v) is 4.57. The monoisotopic (exact) mass is 174 g/mol. The van der Waals surface area contributed by atoms with Crippen LogP contribution in [0.1, 0.15) is 13.8 Å². The summed E-state index contributed by atoms with van der Waals surface area (Å²) in [5.74, 6) is 0.904. The van der Waals surface area contributed by atoms with Gasteiger partial charge in [0, 0.05) is 5.92 Å². The number of alkyl halides is 1. The first-order chi connectivity index (χ1) is 5.70. The van der Waals surface area contributed by atoms with Crippen molar-refractivity contribution in [1.82, 2.24) is 0 Å². The van der Waals surface area contributed by atoms with Gasteiger partial charge in [0.2, 0.25) is 0 Å². The maximum Gasteiger partial charge on any atom is 0.152 e. The fraction of sp³-hybridized carbons (Fsp3) is 1.00. The molecule has 0 saturated carbocycles. The van der Waals surface area contributed by atoms with Gasteiger partial charge in [-0.3, -0.25) is 0 Å². The van der Waals surface area contributed by atoms with Gasteiger partial charge in [-0.15, -0.1) is 0 Å². The van der Waals surface area contributed by atoms with Crippen LogP contribution < -0.4 is 0 Å². The summed E-state index contributed by atoms with van der Waals surface area (Å²) in [6.07, 6.45) is -1.17. The smallest absolute Gasteiger partial charge is 0.152 e. The van der Waals surface area contributed by atoms with Crippen LogP contribution in [0.4, 0.5) is 4.39 Å². The molecule has 0 spiro atoms. The summed E-state index contributed by atoms with van der Waals surface area (Å²) in [4.78, 5) is 0. The molecule has 2 aliphatic rings. The highest BCUT2D eigenvalue weighted by Gasteiger charge is 2.48. The molecule has 4 atom stereocenters. The molecule has 2 fully saturated rings. The molecule has 0 aromatic rings. The van der Waals surface area contributed by atoms with Gasteiger partial charge >= 0.3 is 0 Å². The lowest BCUT2D eigenvalue weighted by atomic mass is 9.91. The molecule has 0 unspecified atom stereocenters. The third-order valence-corrected chi connectivity index (χ3v) is 2.89. The third kappa shape index (κ3) is 1.15. The molecule has 0 aromatic heterocycles. The average Bonchev–Trinajstić information content (AvgIpc) is 2.53. The van der Waals surface area contributed by atoms with Crippen molar-refractivity contribution in [3.8, 4) is 0 Å². The molecule has 2 aliphatic heterocycles. The fourth-order valence-electron chi connectivity index (χ4n) is 2.05. The maximum absolute atomic E-state index is 13.1. The Morgan fingerprint density at radius 1 is 1.17 bits per heavy atom. The maximum atomic E-state index is 13.1. The molecule has 0 amide bonds. The van der Waals surface area contributed by atoms with Crippen molar-refractivity contribution in [2.75, 3.05) is 13.2 Å². The minimum atomic E-state index is -0.904. The van der Waals surface area contributed by atoms with Crippen molar-refractivity contribution >= 4 is 0 Å². The number of hydrogen-bond acceptors (Lipinski definition) is 2. The van der Waals surface area contributed by atoms with E-state index >= 15 is 0 Å². The van der Waals surface area contributed by atoms with Crippen molar-refractivity contribution in [2.24, 2.45) is 11.8 Å². The molecule has 0 radical (unpaired) electrons. The molecule has 0 aliphatic carbocycles. The van der Waals surface area contributed by atoms with Gasteiger partial charge in [-0.25, -0.2) is 4.39 Å². The van der Waals surface area contributed by atoms with Gasteiger partial charge in [0.25, 0.3) is 0 Å². The minimum Gasteiger partial charge on any atom is -0.372 e. The Morgan fingerprint density at radius 3 is 2.50 bits per heavy atom. The Bertz CT molecular complexity index is 172. The van der Waals surface area contributed by atoms with E-state index in [0.29, 0.717) is 18.4 Å². The lowest BCUT2D eigenvalue weighted by Crippen LogP contribution is -2.28. The Balaban J connectivity index is 2.05. The zero-order valence-electron chi connectivity index (χ0n) is 7.50. The summed E-state index contributed by atoms with van der Waals surface area (Å²) in [7, 11) is 0. The second kappa shape index (κ2) is 2.96. The lowest BCUT2D eigenvalue weighted by Gasteiger charge is -2.18. The van der Waals surface area contributed by atoms with Crippen molar-refractivity contribution in [3.05, 3.63) is 0 Å². The van der Waals surface area contributed by atoms with Crippen LogP contribution in [0.5, 0.6) is 0 Å². The van der Waals surface area contributed by atoms with E-state index < -0.39 is 6.17 Å². The highest BCUT2D eigenvalue weighted by Crippen LogP contribution is 2.36. The number of ether oxygens (including phenoxy) is 2. The van der Waals surface area contributed by atoms with Gasteiger partial charge < -0.3 is 9.47 Å². The quantitative estimate of drug-likeness (QED) is 0.598. The summed E-state index contributed by atoms with van der Waals surface area (Å²) in [6.45, 7) is 5.14. The summed E-state index contributed by atoms with van der Waals surface area (Å²) >= 11 is 0. The molecule has 0 aromatic carbocycles. The molecular formula is C9H15FO2. The fourth-order valence-corrected chi connectivity index (χ4v) is 2.05. The Labute approximate surface area is 72.0 Å². The Hall–Kier alpha value is -0.150. The second-order valence-electron chi connectivity index (χ2n) is 4.02. The average molecular weight is 174 g/mol. The van der Waals surface area contributed by atoms with Crippen LogP contribution in [-0.2, 0) is 9.47 Å². The SMILES string of the molecule is CC(C)[C@H]1CO[C@@H]2[C@H]1OC[C@H]2F. The standard InChI is InChI=1S/C9H15FO2/c1-5(2)6-3-11-9-7(10)4-12-8(6)9/h5-9H,3-4H2,1-2H3/t6-,7-,8+,9+/m1/s1. The number of fused-ring (bicyclic) bond motifs is 1. The van der Waals surface area contributed by atoms with Gasteiger partial charge in [0.15, 0.2) is 6.17 Å². The first kappa shape index (κ1) is 8.45. The van der Waals surface area contributed by atoms with E-state index in [1.165, 1.54) is 0 Å². The van der Waals surface area contributed by atoms with Crippen molar-refractivity contribution < 1.29 is 13.9 Å². The van der Waals surface area contributed by atoms with Crippen LogP contribution in [0.3, 0.4) is 0 Å². The molecule has 0 bridgehead atoms. The highest BCUT2D eigenvalue weighted by atomic mass is 19.1. The summed E-state index contributed by atoms with van der Waals surface area (Å²) in [6, 6.07) is 0. The van der Waals surface area contributed by atoms with E-state index in [2.05, 4.69) is 13.8 Å². The van der Waals surface area contributed by atoms with E-state index in [-0.39, 0.29) is 18.8 Å². The zero-order chi connectivity index (χ0) is 8.72. The number of hydrogen-bond donors (Lipinski definition) is 0. The lowest BCUT2D eigenvalue weighted by molar-refractivity contribution is 0.0534. The van der Waals surface area contributed by atoms with E-state index in [1.54, 1.807) is 0 Å². The molecule has 70 valence electrons. The first-order valence-electron chi connectivity index (χ1n) is 4.57.